The number of nitrogens with one attached hydrogen (secondary N) is 1. The highest BCUT2D eigenvalue weighted by Crippen LogP contribution is 2.28. The van der Waals surface area contributed by atoms with Gasteiger partial charge in [0.1, 0.15) is 5.75 Å². The number of unbranched alkanes of at least 4 members (excludes halogenated alkanes) is 1. The van der Waals surface area contributed by atoms with Crippen molar-refractivity contribution in [2.24, 2.45) is 0 Å². The minimum atomic E-state index is -3.96. The lowest BCUT2D eigenvalue weighted by Crippen LogP contribution is -2.25. The predicted octanol–water partition coefficient (Wildman–Crippen LogP) is 1.30. The molecule has 108 valence electrons. The van der Waals surface area contributed by atoms with Crippen LogP contribution >= 0.6 is 0 Å². The Morgan fingerprint density at radius 3 is 2.75 bits per heavy atom. The molecule has 0 heterocycles. The lowest BCUT2D eigenvalue weighted by molar-refractivity contribution is -0.387. The molecule has 0 aliphatic rings. The van der Waals surface area contributed by atoms with E-state index in [1.54, 1.807) is 0 Å². The van der Waals surface area contributed by atoms with E-state index in [1.807, 2.05) is 0 Å². The molecule has 1 aromatic rings. The van der Waals surface area contributed by atoms with Crippen LogP contribution < -0.4 is 9.46 Å². The number of terminal acetylenes is 1. The molecule has 0 saturated heterocycles. The van der Waals surface area contributed by atoms with Crippen LogP contribution in [0.2, 0.25) is 0 Å². The molecular formula is C12H14N2O5S. The average Bonchev–Trinajstić information content (AvgIpc) is 2.42. The average molecular weight is 298 g/mol. The normalized spacial score (nSPS) is 10.8. The Labute approximate surface area is 117 Å². The van der Waals surface area contributed by atoms with Crippen molar-refractivity contribution in [3.05, 3.63) is 28.3 Å². The number of ether oxygens (including phenoxy) is 1. The van der Waals surface area contributed by atoms with Gasteiger partial charge in [-0.25, -0.2) is 13.1 Å². The molecule has 0 fully saturated rings. The monoisotopic (exact) mass is 298 g/mol. The number of nitrogens with zero attached hydrogens (tertiary/aromatic N) is 1. The molecule has 0 amide bonds. The second kappa shape index (κ2) is 6.88. The summed E-state index contributed by atoms with van der Waals surface area (Å²) in [5.41, 5.74) is -0.534. The maximum absolute atomic E-state index is 12.0. The minimum absolute atomic E-state index is 0.121. The highest BCUT2D eigenvalue weighted by molar-refractivity contribution is 7.89. The van der Waals surface area contributed by atoms with E-state index < -0.39 is 25.5 Å². The highest BCUT2D eigenvalue weighted by atomic mass is 32.2. The van der Waals surface area contributed by atoms with Gasteiger partial charge in [-0.1, -0.05) is 0 Å². The lowest BCUT2D eigenvalue weighted by Gasteiger charge is -2.07. The Morgan fingerprint density at radius 2 is 2.20 bits per heavy atom. The molecule has 0 atom stereocenters. The molecule has 0 unspecified atom stereocenters. The van der Waals surface area contributed by atoms with Crippen LogP contribution in [0.25, 0.3) is 0 Å². The molecular weight excluding hydrogens is 284 g/mol. The summed E-state index contributed by atoms with van der Waals surface area (Å²) in [4.78, 5) is 9.78. The van der Waals surface area contributed by atoms with Crippen LogP contribution in [-0.2, 0) is 10.0 Å². The number of methoxy groups -OCH3 is 1. The molecule has 1 rings (SSSR count). The molecule has 0 radical (unpaired) electrons. The summed E-state index contributed by atoms with van der Waals surface area (Å²) < 4.78 is 31.1. The fourth-order valence-electron chi connectivity index (χ4n) is 1.47. The zero-order chi connectivity index (χ0) is 15.2. The molecule has 0 saturated carbocycles. The van der Waals surface area contributed by atoms with Crippen LogP contribution in [0, 0.1) is 22.5 Å². The number of benzene rings is 1. The Hall–Kier alpha value is -2.11. The molecule has 1 N–H and O–H groups in total. The number of hydrogen-bond acceptors (Lipinski definition) is 5. The third-order valence-corrected chi connectivity index (χ3v) is 3.95. The Bertz CT molecular complexity index is 634. The molecule has 0 aromatic heterocycles. The third-order valence-electron chi connectivity index (χ3n) is 2.44. The maximum Gasteiger partial charge on any atom is 0.293 e. The van der Waals surface area contributed by atoms with Crippen molar-refractivity contribution in [2.45, 2.75) is 17.7 Å². The van der Waals surface area contributed by atoms with Gasteiger partial charge in [-0.05, 0) is 18.6 Å². The minimum Gasteiger partial charge on any atom is -0.497 e. The number of hydrogen-bond donors (Lipinski definition) is 1. The van der Waals surface area contributed by atoms with Crippen molar-refractivity contribution >= 4 is 15.7 Å². The second-order valence-corrected chi connectivity index (χ2v) is 5.53. The van der Waals surface area contributed by atoms with Gasteiger partial charge in [0, 0.05) is 13.0 Å². The Morgan fingerprint density at radius 1 is 1.50 bits per heavy atom. The first kappa shape index (κ1) is 15.9. The maximum atomic E-state index is 12.0. The van der Waals surface area contributed by atoms with E-state index in [4.69, 9.17) is 11.2 Å². The first-order chi connectivity index (χ1) is 9.42. The number of nitro benzene ring substituents is 1. The van der Waals surface area contributed by atoms with E-state index in [0.717, 1.165) is 12.1 Å². The molecule has 8 heteroatoms. The lowest BCUT2D eigenvalue weighted by atomic mass is 10.3. The van der Waals surface area contributed by atoms with E-state index in [1.165, 1.54) is 13.2 Å². The fourth-order valence-corrected chi connectivity index (χ4v) is 2.69. The first-order valence-corrected chi connectivity index (χ1v) is 7.16. The van der Waals surface area contributed by atoms with E-state index in [0.29, 0.717) is 12.8 Å². The predicted molar refractivity (Wildman–Crippen MR) is 72.9 cm³/mol. The van der Waals surface area contributed by atoms with Crippen molar-refractivity contribution in [1.82, 2.24) is 4.72 Å². The third kappa shape index (κ3) is 3.94. The summed E-state index contributed by atoms with van der Waals surface area (Å²) in [6, 6.07) is 3.56. The SMILES string of the molecule is C#CCCCNS(=O)(=O)c1ccc(OC)cc1[N+](=O)[O-]. The smallest absolute Gasteiger partial charge is 0.293 e. The van der Waals surface area contributed by atoms with Crippen molar-refractivity contribution < 1.29 is 18.1 Å². The summed E-state index contributed by atoms with van der Waals surface area (Å²) in [6.45, 7) is 0.121. The van der Waals surface area contributed by atoms with Crippen LogP contribution in [0.5, 0.6) is 5.75 Å². The van der Waals surface area contributed by atoms with Gasteiger partial charge in [0.15, 0.2) is 4.90 Å². The van der Waals surface area contributed by atoms with Crippen molar-refractivity contribution in [2.75, 3.05) is 13.7 Å². The number of nitro groups is 1. The summed E-state index contributed by atoms with van der Waals surface area (Å²) >= 11 is 0. The van der Waals surface area contributed by atoms with Crippen molar-refractivity contribution in [3.8, 4) is 18.1 Å². The Kier molecular flexibility index (Phi) is 5.49. The molecule has 7 nitrogen and oxygen atoms in total. The van der Waals surface area contributed by atoms with Crippen LogP contribution in [-0.4, -0.2) is 27.0 Å². The van der Waals surface area contributed by atoms with E-state index in [2.05, 4.69) is 10.6 Å². The fraction of sp³-hybridized carbons (Fsp3) is 0.333. The van der Waals surface area contributed by atoms with Crippen molar-refractivity contribution in [3.63, 3.8) is 0 Å². The highest BCUT2D eigenvalue weighted by Gasteiger charge is 2.25. The number of sulfonamides is 1. The van der Waals surface area contributed by atoms with Crippen LogP contribution in [0.15, 0.2) is 23.1 Å². The largest absolute Gasteiger partial charge is 0.497 e. The van der Waals surface area contributed by atoms with Gasteiger partial charge in [-0.2, -0.15) is 0 Å². The molecule has 0 spiro atoms. The van der Waals surface area contributed by atoms with Crippen LogP contribution in [0.3, 0.4) is 0 Å². The number of rotatable bonds is 7. The van der Waals surface area contributed by atoms with Gasteiger partial charge >= 0.3 is 0 Å². The van der Waals surface area contributed by atoms with Crippen LogP contribution in [0.1, 0.15) is 12.8 Å². The van der Waals surface area contributed by atoms with Gasteiger partial charge in [0.2, 0.25) is 10.0 Å². The quantitative estimate of drug-likeness (QED) is 0.354. The molecule has 1 aromatic carbocycles. The summed E-state index contributed by atoms with van der Waals surface area (Å²) in [6.07, 6.45) is 5.94. The zero-order valence-corrected chi connectivity index (χ0v) is 11.6. The van der Waals surface area contributed by atoms with Gasteiger partial charge in [0.25, 0.3) is 5.69 Å². The summed E-state index contributed by atoms with van der Waals surface area (Å²) in [5.74, 6) is 2.59. The van der Waals surface area contributed by atoms with E-state index >= 15 is 0 Å². The van der Waals surface area contributed by atoms with Gasteiger partial charge in [0.05, 0.1) is 18.1 Å². The second-order valence-electron chi connectivity index (χ2n) is 3.80. The topological polar surface area (TPSA) is 98.5 Å². The molecule has 0 aliphatic heterocycles. The van der Waals surface area contributed by atoms with E-state index in [-0.39, 0.29) is 12.3 Å². The first-order valence-electron chi connectivity index (χ1n) is 5.68. The van der Waals surface area contributed by atoms with Crippen molar-refractivity contribution in [1.29, 1.82) is 0 Å². The summed E-state index contributed by atoms with van der Waals surface area (Å²) in [7, 11) is -2.62. The Balaban J connectivity index is 3.05. The summed E-state index contributed by atoms with van der Waals surface area (Å²) in [5, 5.41) is 10.9. The van der Waals surface area contributed by atoms with Crippen LogP contribution in [0.4, 0.5) is 5.69 Å². The van der Waals surface area contributed by atoms with Gasteiger partial charge in [-0.15, -0.1) is 12.3 Å². The molecule has 0 aliphatic carbocycles. The molecule has 20 heavy (non-hydrogen) atoms. The van der Waals surface area contributed by atoms with Gasteiger partial charge < -0.3 is 4.74 Å². The molecule has 0 bridgehead atoms. The zero-order valence-electron chi connectivity index (χ0n) is 10.8. The standard InChI is InChI=1S/C12H14N2O5S/c1-3-4-5-8-13-20(17,18)12-7-6-10(19-2)9-11(12)14(15)16/h1,6-7,9,13H,4-5,8H2,2H3. The van der Waals surface area contributed by atoms with Gasteiger partial charge in [-0.3, -0.25) is 10.1 Å². The van der Waals surface area contributed by atoms with E-state index in [9.17, 15) is 18.5 Å².